The number of hydrogen-bond acceptors (Lipinski definition) is 4. The first-order chi connectivity index (χ1) is 9.20. The summed E-state index contributed by atoms with van der Waals surface area (Å²) in [5.74, 6) is -0.315. The molecule has 1 aliphatic heterocycles. The summed E-state index contributed by atoms with van der Waals surface area (Å²) in [6, 6.07) is 2.93. The van der Waals surface area contributed by atoms with Crippen molar-refractivity contribution >= 4 is 6.09 Å². The quantitative estimate of drug-likeness (QED) is 0.716. The standard InChI is InChI=1S/C15H21NO4/c1-9-12-10(5-6-11(17)13(12)18)7-8-16(9)14(19)20-15(2,3)4/h5-6,9,17-18H,7-8H2,1-4H3. The Morgan fingerprint density at radius 1 is 1.35 bits per heavy atom. The lowest BCUT2D eigenvalue weighted by molar-refractivity contribution is 0.0157. The van der Waals surface area contributed by atoms with Crippen molar-refractivity contribution in [2.24, 2.45) is 0 Å². The van der Waals surface area contributed by atoms with Crippen molar-refractivity contribution in [2.45, 2.75) is 45.8 Å². The zero-order valence-electron chi connectivity index (χ0n) is 12.3. The van der Waals surface area contributed by atoms with Crippen molar-refractivity contribution in [1.82, 2.24) is 4.90 Å². The predicted molar refractivity (Wildman–Crippen MR) is 74.8 cm³/mol. The first-order valence-corrected chi connectivity index (χ1v) is 6.74. The summed E-state index contributed by atoms with van der Waals surface area (Å²) in [5.41, 5.74) is 0.993. The van der Waals surface area contributed by atoms with Crippen LogP contribution < -0.4 is 0 Å². The van der Waals surface area contributed by atoms with E-state index in [0.29, 0.717) is 18.5 Å². The fourth-order valence-corrected chi connectivity index (χ4v) is 2.48. The number of phenols is 2. The second-order valence-electron chi connectivity index (χ2n) is 6.11. The second kappa shape index (κ2) is 4.89. The largest absolute Gasteiger partial charge is 0.504 e. The van der Waals surface area contributed by atoms with Crippen molar-refractivity contribution in [3.63, 3.8) is 0 Å². The molecule has 1 amide bonds. The summed E-state index contributed by atoms with van der Waals surface area (Å²) in [4.78, 5) is 13.8. The lowest BCUT2D eigenvalue weighted by Gasteiger charge is -2.36. The van der Waals surface area contributed by atoms with Crippen LogP contribution in [-0.4, -0.2) is 33.4 Å². The number of carbonyl (C=O) groups excluding carboxylic acids is 1. The molecule has 1 aromatic rings. The number of phenolic OH excluding ortho intramolecular Hbond substituents is 2. The molecule has 1 atom stereocenters. The summed E-state index contributed by atoms with van der Waals surface area (Å²) in [5, 5.41) is 19.6. The topological polar surface area (TPSA) is 70.0 Å². The molecule has 0 bridgehead atoms. The van der Waals surface area contributed by atoms with E-state index in [1.807, 2.05) is 27.7 Å². The minimum Gasteiger partial charge on any atom is -0.504 e. The van der Waals surface area contributed by atoms with Gasteiger partial charge in [0.25, 0.3) is 0 Å². The third-order valence-corrected chi connectivity index (χ3v) is 3.42. The Balaban J connectivity index is 2.29. The second-order valence-corrected chi connectivity index (χ2v) is 6.11. The molecule has 0 fully saturated rings. The molecule has 20 heavy (non-hydrogen) atoms. The number of benzene rings is 1. The molecule has 5 nitrogen and oxygen atoms in total. The van der Waals surface area contributed by atoms with Gasteiger partial charge in [0.15, 0.2) is 11.5 Å². The summed E-state index contributed by atoms with van der Waals surface area (Å²) >= 11 is 0. The Labute approximate surface area is 118 Å². The van der Waals surface area contributed by atoms with Crippen LogP contribution in [0.5, 0.6) is 11.5 Å². The molecule has 0 aliphatic carbocycles. The Morgan fingerprint density at radius 3 is 2.60 bits per heavy atom. The van der Waals surface area contributed by atoms with Crippen LogP contribution in [0.3, 0.4) is 0 Å². The maximum atomic E-state index is 12.2. The van der Waals surface area contributed by atoms with Crippen molar-refractivity contribution in [3.05, 3.63) is 23.3 Å². The van der Waals surface area contributed by atoms with E-state index in [1.165, 1.54) is 6.07 Å². The molecular weight excluding hydrogens is 258 g/mol. The molecule has 0 saturated carbocycles. The fourth-order valence-electron chi connectivity index (χ4n) is 2.48. The number of fused-ring (bicyclic) bond motifs is 1. The number of rotatable bonds is 0. The van der Waals surface area contributed by atoms with Gasteiger partial charge in [0.2, 0.25) is 0 Å². The number of hydrogen-bond donors (Lipinski definition) is 2. The Hall–Kier alpha value is -1.91. The van der Waals surface area contributed by atoms with Gasteiger partial charge in [-0.05, 0) is 45.7 Å². The maximum Gasteiger partial charge on any atom is 0.410 e. The molecule has 0 saturated heterocycles. The van der Waals surface area contributed by atoms with E-state index in [0.717, 1.165) is 5.56 Å². The highest BCUT2D eigenvalue weighted by atomic mass is 16.6. The molecule has 0 aromatic heterocycles. The van der Waals surface area contributed by atoms with E-state index in [4.69, 9.17) is 4.74 Å². The van der Waals surface area contributed by atoms with Gasteiger partial charge in [0, 0.05) is 12.1 Å². The molecule has 5 heteroatoms. The van der Waals surface area contributed by atoms with Gasteiger partial charge in [0.05, 0.1) is 6.04 Å². The molecule has 0 spiro atoms. The summed E-state index contributed by atoms with van der Waals surface area (Å²) < 4.78 is 5.38. The Kier molecular flexibility index (Phi) is 3.54. The minimum absolute atomic E-state index is 0.150. The van der Waals surface area contributed by atoms with Crippen LogP contribution in [0.4, 0.5) is 4.79 Å². The van der Waals surface area contributed by atoms with E-state index < -0.39 is 11.7 Å². The van der Waals surface area contributed by atoms with Gasteiger partial charge < -0.3 is 19.8 Å². The zero-order valence-corrected chi connectivity index (χ0v) is 12.3. The minimum atomic E-state index is -0.558. The van der Waals surface area contributed by atoms with Gasteiger partial charge in [-0.15, -0.1) is 0 Å². The van der Waals surface area contributed by atoms with Gasteiger partial charge >= 0.3 is 6.09 Å². The van der Waals surface area contributed by atoms with Gasteiger partial charge in [-0.2, -0.15) is 0 Å². The third-order valence-electron chi connectivity index (χ3n) is 3.42. The molecule has 0 radical (unpaired) electrons. The number of aromatic hydroxyl groups is 2. The van der Waals surface area contributed by atoms with E-state index in [-0.39, 0.29) is 17.5 Å². The lowest BCUT2D eigenvalue weighted by Crippen LogP contribution is -2.42. The van der Waals surface area contributed by atoms with E-state index in [1.54, 1.807) is 11.0 Å². The van der Waals surface area contributed by atoms with E-state index >= 15 is 0 Å². The lowest BCUT2D eigenvalue weighted by atomic mass is 9.92. The first-order valence-electron chi connectivity index (χ1n) is 6.74. The molecular formula is C15H21NO4. The fraction of sp³-hybridized carbons (Fsp3) is 0.533. The Bertz CT molecular complexity index is 533. The van der Waals surface area contributed by atoms with Gasteiger partial charge in [0.1, 0.15) is 5.60 Å². The van der Waals surface area contributed by atoms with Gasteiger partial charge in [-0.25, -0.2) is 4.79 Å². The molecule has 2 rings (SSSR count). The molecule has 1 aliphatic rings. The third kappa shape index (κ3) is 2.66. The molecule has 1 heterocycles. The first kappa shape index (κ1) is 14.5. The van der Waals surface area contributed by atoms with Crippen molar-refractivity contribution in [1.29, 1.82) is 0 Å². The van der Waals surface area contributed by atoms with Crippen LogP contribution in [0.1, 0.15) is 44.9 Å². The number of carbonyl (C=O) groups is 1. The molecule has 2 N–H and O–H groups in total. The van der Waals surface area contributed by atoms with E-state index in [9.17, 15) is 15.0 Å². The van der Waals surface area contributed by atoms with Crippen molar-refractivity contribution in [2.75, 3.05) is 6.54 Å². The number of ether oxygens (including phenoxy) is 1. The number of amides is 1. The maximum absolute atomic E-state index is 12.2. The normalized spacial score (nSPS) is 18.6. The summed E-state index contributed by atoms with van der Waals surface area (Å²) in [7, 11) is 0. The van der Waals surface area contributed by atoms with Crippen LogP contribution in [0.15, 0.2) is 12.1 Å². The van der Waals surface area contributed by atoms with Crippen molar-refractivity contribution < 1.29 is 19.7 Å². The van der Waals surface area contributed by atoms with Crippen LogP contribution >= 0.6 is 0 Å². The Morgan fingerprint density at radius 2 is 2.00 bits per heavy atom. The van der Waals surface area contributed by atoms with Crippen LogP contribution in [0, 0.1) is 0 Å². The molecule has 1 aromatic carbocycles. The summed E-state index contributed by atoms with van der Waals surface area (Å²) in [6.45, 7) is 7.80. The van der Waals surface area contributed by atoms with Crippen LogP contribution in [-0.2, 0) is 11.2 Å². The van der Waals surface area contributed by atoms with Crippen LogP contribution in [0.2, 0.25) is 0 Å². The van der Waals surface area contributed by atoms with Crippen LogP contribution in [0.25, 0.3) is 0 Å². The van der Waals surface area contributed by atoms with Gasteiger partial charge in [-0.1, -0.05) is 6.07 Å². The van der Waals surface area contributed by atoms with Crippen molar-refractivity contribution in [3.8, 4) is 11.5 Å². The predicted octanol–water partition coefficient (Wildman–Crippen LogP) is 2.95. The van der Waals surface area contributed by atoms with Gasteiger partial charge in [-0.3, -0.25) is 0 Å². The monoisotopic (exact) mass is 279 g/mol. The summed E-state index contributed by atoms with van der Waals surface area (Å²) in [6.07, 6.45) is 0.227. The highest BCUT2D eigenvalue weighted by Gasteiger charge is 2.33. The molecule has 110 valence electrons. The smallest absolute Gasteiger partial charge is 0.410 e. The zero-order chi connectivity index (χ0) is 15.1. The van der Waals surface area contributed by atoms with E-state index in [2.05, 4.69) is 0 Å². The average molecular weight is 279 g/mol. The SMILES string of the molecule is CC1c2c(ccc(O)c2O)CCN1C(=O)OC(C)(C)C. The number of nitrogens with zero attached hydrogens (tertiary/aromatic N) is 1. The molecule has 1 unspecified atom stereocenters. The average Bonchev–Trinajstić information content (AvgIpc) is 2.31. The highest BCUT2D eigenvalue weighted by molar-refractivity contribution is 5.70. The highest BCUT2D eigenvalue weighted by Crippen LogP contribution is 2.41.